The van der Waals surface area contributed by atoms with Crippen LogP contribution in [-0.4, -0.2) is 22.3 Å². The maximum atomic E-state index is 12.1. The minimum Gasteiger partial charge on any atom is -0.318 e. The first kappa shape index (κ1) is 11.4. The molecule has 1 amide bonds. The SMILES string of the molecule is Cc1cc2[nH]ncc2cc1NC(=O)C(F)(F)F. The number of hydrogen-bond donors (Lipinski definition) is 2. The smallest absolute Gasteiger partial charge is 0.318 e. The van der Waals surface area contributed by atoms with Crippen molar-refractivity contribution < 1.29 is 18.0 Å². The number of nitrogens with zero attached hydrogens (tertiary/aromatic N) is 1. The van der Waals surface area contributed by atoms with E-state index in [0.717, 1.165) is 0 Å². The lowest BCUT2D eigenvalue weighted by Gasteiger charge is -2.10. The van der Waals surface area contributed by atoms with E-state index in [4.69, 9.17) is 0 Å². The fourth-order valence-corrected chi connectivity index (χ4v) is 1.43. The van der Waals surface area contributed by atoms with E-state index in [2.05, 4.69) is 10.2 Å². The van der Waals surface area contributed by atoms with Gasteiger partial charge in [0.15, 0.2) is 0 Å². The van der Waals surface area contributed by atoms with Crippen LogP contribution in [0.15, 0.2) is 18.3 Å². The number of alkyl halides is 3. The molecular weight excluding hydrogens is 235 g/mol. The number of rotatable bonds is 1. The van der Waals surface area contributed by atoms with Crippen LogP contribution in [0.1, 0.15) is 5.56 Å². The fraction of sp³-hybridized carbons (Fsp3) is 0.200. The van der Waals surface area contributed by atoms with Gasteiger partial charge in [-0.05, 0) is 24.6 Å². The third-order valence-corrected chi connectivity index (χ3v) is 2.29. The molecule has 2 rings (SSSR count). The highest BCUT2D eigenvalue weighted by molar-refractivity contribution is 5.97. The lowest BCUT2D eigenvalue weighted by atomic mass is 10.1. The number of aryl methyl sites for hydroxylation is 1. The van der Waals surface area contributed by atoms with Gasteiger partial charge in [-0.1, -0.05) is 0 Å². The zero-order valence-corrected chi connectivity index (χ0v) is 8.72. The maximum Gasteiger partial charge on any atom is 0.471 e. The van der Waals surface area contributed by atoms with Crippen LogP contribution in [-0.2, 0) is 4.79 Å². The number of anilines is 1. The van der Waals surface area contributed by atoms with Gasteiger partial charge in [0.2, 0.25) is 0 Å². The number of fused-ring (bicyclic) bond motifs is 1. The molecule has 0 bridgehead atoms. The van der Waals surface area contributed by atoms with Gasteiger partial charge >= 0.3 is 12.1 Å². The molecule has 7 heteroatoms. The van der Waals surface area contributed by atoms with Crippen LogP contribution in [0.2, 0.25) is 0 Å². The van der Waals surface area contributed by atoms with Crippen molar-refractivity contribution in [3.8, 4) is 0 Å². The lowest BCUT2D eigenvalue weighted by Crippen LogP contribution is -2.30. The first-order chi connectivity index (χ1) is 7.88. The van der Waals surface area contributed by atoms with Gasteiger partial charge in [-0.25, -0.2) is 0 Å². The van der Waals surface area contributed by atoms with Crippen LogP contribution in [0.4, 0.5) is 18.9 Å². The average Bonchev–Trinajstić information content (AvgIpc) is 2.63. The number of benzene rings is 1. The number of aromatic amines is 1. The number of hydrogen-bond acceptors (Lipinski definition) is 2. The summed E-state index contributed by atoms with van der Waals surface area (Å²) in [7, 11) is 0. The number of amides is 1. The predicted octanol–water partition coefficient (Wildman–Crippen LogP) is 2.37. The van der Waals surface area contributed by atoms with E-state index < -0.39 is 12.1 Å². The predicted molar refractivity (Wildman–Crippen MR) is 55.5 cm³/mol. The summed E-state index contributed by atoms with van der Waals surface area (Å²) in [6.07, 6.45) is -3.42. The minimum absolute atomic E-state index is 0.126. The monoisotopic (exact) mass is 243 g/mol. The number of H-pyrrole nitrogens is 1. The van der Waals surface area contributed by atoms with Crippen molar-refractivity contribution in [2.24, 2.45) is 0 Å². The van der Waals surface area contributed by atoms with Crippen LogP contribution < -0.4 is 5.32 Å². The maximum absolute atomic E-state index is 12.1. The molecule has 0 atom stereocenters. The van der Waals surface area contributed by atoms with Crippen LogP contribution in [0.3, 0.4) is 0 Å². The topological polar surface area (TPSA) is 57.8 Å². The molecule has 0 saturated carbocycles. The second kappa shape index (κ2) is 3.76. The Morgan fingerprint density at radius 1 is 1.41 bits per heavy atom. The molecule has 0 radical (unpaired) electrons. The van der Waals surface area contributed by atoms with Gasteiger partial charge in [0.25, 0.3) is 0 Å². The summed E-state index contributed by atoms with van der Waals surface area (Å²) in [5.74, 6) is -1.98. The molecule has 0 fully saturated rings. The number of halogens is 3. The van der Waals surface area contributed by atoms with Crippen molar-refractivity contribution in [2.75, 3.05) is 5.32 Å². The fourth-order valence-electron chi connectivity index (χ4n) is 1.43. The molecule has 0 aliphatic rings. The summed E-state index contributed by atoms with van der Waals surface area (Å²) in [6, 6.07) is 3.06. The molecule has 1 aromatic carbocycles. The van der Waals surface area contributed by atoms with E-state index in [1.807, 2.05) is 5.32 Å². The van der Waals surface area contributed by atoms with Crippen LogP contribution in [0.5, 0.6) is 0 Å². The highest BCUT2D eigenvalue weighted by Gasteiger charge is 2.38. The summed E-state index contributed by atoms with van der Waals surface area (Å²) in [5, 5.41) is 8.90. The average molecular weight is 243 g/mol. The molecule has 2 aromatic rings. The Bertz CT molecular complexity index is 574. The zero-order valence-electron chi connectivity index (χ0n) is 8.72. The Morgan fingerprint density at radius 2 is 2.12 bits per heavy atom. The van der Waals surface area contributed by atoms with Crippen LogP contribution in [0.25, 0.3) is 10.9 Å². The molecule has 1 heterocycles. The summed E-state index contributed by atoms with van der Waals surface area (Å²) < 4.78 is 36.3. The van der Waals surface area contributed by atoms with Crippen molar-refractivity contribution >= 4 is 22.5 Å². The summed E-state index contributed by atoms with van der Waals surface area (Å²) in [6.45, 7) is 1.60. The quantitative estimate of drug-likeness (QED) is 0.807. The second-order valence-corrected chi connectivity index (χ2v) is 3.58. The third kappa shape index (κ3) is 2.22. The van der Waals surface area contributed by atoms with Gasteiger partial charge in [-0.15, -0.1) is 0 Å². The second-order valence-electron chi connectivity index (χ2n) is 3.58. The van der Waals surface area contributed by atoms with Gasteiger partial charge in [-0.2, -0.15) is 18.3 Å². The van der Waals surface area contributed by atoms with Gasteiger partial charge in [0.1, 0.15) is 0 Å². The first-order valence-corrected chi connectivity index (χ1v) is 4.70. The van der Waals surface area contributed by atoms with Crippen LogP contribution >= 0.6 is 0 Å². The first-order valence-electron chi connectivity index (χ1n) is 4.70. The Labute approximate surface area is 93.8 Å². The van der Waals surface area contributed by atoms with E-state index in [1.165, 1.54) is 12.3 Å². The van der Waals surface area contributed by atoms with E-state index >= 15 is 0 Å². The minimum atomic E-state index is -4.89. The molecule has 4 nitrogen and oxygen atoms in total. The molecule has 2 N–H and O–H groups in total. The Morgan fingerprint density at radius 3 is 2.76 bits per heavy atom. The van der Waals surface area contributed by atoms with Crippen LogP contribution in [0, 0.1) is 6.92 Å². The van der Waals surface area contributed by atoms with Crippen molar-refractivity contribution in [3.63, 3.8) is 0 Å². The van der Waals surface area contributed by atoms with Crippen molar-refractivity contribution in [3.05, 3.63) is 23.9 Å². The highest BCUT2D eigenvalue weighted by Crippen LogP contribution is 2.24. The number of aromatic nitrogens is 2. The molecule has 0 spiro atoms. The number of nitrogens with one attached hydrogen (secondary N) is 2. The zero-order chi connectivity index (χ0) is 12.6. The van der Waals surface area contributed by atoms with Gasteiger partial charge < -0.3 is 5.32 Å². The summed E-state index contributed by atoms with van der Waals surface area (Å²) in [5.41, 5.74) is 1.35. The summed E-state index contributed by atoms with van der Waals surface area (Å²) >= 11 is 0. The molecule has 0 aliphatic carbocycles. The number of carbonyl (C=O) groups is 1. The standard InChI is InChI=1S/C10H8F3N3O/c1-5-2-8-6(4-14-16-8)3-7(5)15-9(17)10(11,12)13/h2-4H,1H3,(H,14,16)(H,15,17). The van der Waals surface area contributed by atoms with Gasteiger partial charge in [0.05, 0.1) is 11.7 Å². The normalized spacial score (nSPS) is 11.8. The molecule has 0 saturated heterocycles. The van der Waals surface area contributed by atoms with Crippen molar-refractivity contribution in [1.82, 2.24) is 10.2 Å². The van der Waals surface area contributed by atoms with E-state index in [-0.39, 0.29) is 5.69 Å². The molecule has 90 valence electrons. The molecule has 17 heavy (non-hydrogen) atoms. The Kier molecular flexibility index (Phi) is 2.53. The largest absolute Gasteiger partial charge is 0.471 e. The van der Waals surface area contributed by atoms with Crippen molar-refractivity contribution in [2.45, 2.75) is 13.1 Å². The van der Waals surface area contributed by atoms with Gasteiger partial charge in [0, 0.05) is 11.1 Å². The van der Waals surface area contributed by atoms with Crippen molar-refractivity contribution in [1.29, 1.82) is 0 Å². The Hall–Kier alpha value is -2.05. The third-order valence-electron chi connectivity index (χ3n) is 2.29. The molecule has 0 unspecified atom stereocenters. The summed E-state index contributed by atoms with van der Waals surface area (Å²) in [4.78, 5) is 10.8. The number of carbonyl (C=O) groups excluding carboxylic acids is 1. The highest BCUT2D eigenvalue weighted by atomic mass is 19.4. The van der Waals surface area contributed by atoms with E-state index in [0.29, 0.717) is 16.5 Å². The lowest BCUT2D eigenvalue weighted by molar-refractivity contribution is -0.167. The van der Waals surface area contributed by atoms with Gasteiger partial charge in [-0.3, -0.25) is 9.89 Å². The molecular formula is C10H8F3N3O. The van der Waals surface area contributed by atoms with E-state index in [1.54, 1.807) is 13.0 Å². The molecule has 1 aromatic heterocycles. The van der Waals surface area contributed by atoms with E-state index in [9.17, 15) is 18.0 Å². The Balaban J connectivity index is 2.35. The molecule has 0 aliphatic heterocycles.